The van der Waals surface area contributed by atoms with Crippen molar-refractivity contribution in [2.24, 2.45) is 0 Å². The number of nitrogens with zero attached hydrogens (tertiary/aromatic N) is 2. The number of halogens is 1. The van der Waals surface area contributed by atoms with Gasteiger partial charge >= 0.3 is 0 Å². The third-order valence-electron chi connectivity index (χ3n) is 2.67. The third-order valence-corrected chi connectivity index (χ3v) is 3.16. The molecule has 0 saturated carbocycles. The van der Waals surface area contributed by atoms with Gasteiger partial charge < -0.3 is 5.11 Å². The van der Waals surface area contributed by atoms with E-state index in [0.29, 0.717) is 5.92 Å². The van der Waals surface area contributed by atoms with Gasteiger partial charge in [0.1, 0.15) is 0 Å². The van der Waals surface area contributed by atoms with Crippen molar-refractivity contribution in [2.45, 2.75) is 26.4 Å². The fourth-order valence-corrected chi connectivity index (χ4v) is 2.01. The molecule has 0 bridgehead atoms. The molecule has 0 amide bonds. The summed E-state index contributed by atoms with van der Waals surface area (Å²) in [5.41, 5.74) is 2.83. The lowest BCUT2D eigenvalue weighted by atomic mass is 10.1. The smallest absolute Gasteiger partial charge is 0.0712 e. The minimum Gasteiger partial charge on any atom is -0.392 e. The summed E-state index contributed by atoms with van der Waals surface area (Å²) in [4.78, 5) is 0. The Hall–Kier alpha value is -1.13. The topological polar surface area (TPSA) is 38.0 Å². The van der Waals surface area contributed by atoms with E-state index in [1.54, 1.807) is 0 Å². The molecule has 17 heavy (non-hydrogen) atoms. The van der Waals surface area contributed by atoms with Gasteiger partial charge in [-0.2, -0.15) is 5.10 Å². The zero-order chi connectivity index (χ0) is 12.4. The van der Waals surface area contributed by atoms with Gasteiger partial charge in [0, 0.05) is 16.2 Å². The standard InChI is InChI=1S/C13H15BrN2O/c1-9(2)12-5-6-16(15-12)13-7-11(14)4-3-10(13)8-17/h3-7,9,17H,8H2,1-2H3. The van der Waals surface area contributed by atoms with Crippen LogP contribution in [0, 0.1) is 0 Å². The Morgan fingerprint density at radius 3 is 2.71 bits per heavy atom. The van der Waals surface area contributed by atoms with Crippen molar-refractivity contribution in [2.75, 3.05) is 0 Å². The highest BCUT2D eigenvalue weighted by molar-refractivity contribution is 9.10. The second kappa shape index (κ2) is 5.02. The fourth-order valence-electron chi connectivity index (χ4n) is 1.66. The molecule has 0 atom stereocenters. The van der Waals surface area contributed by atoms with Gasteiger partial charge in [-0.3, -0.25) is 0 Å². The molecule has 0 aliphatic rings. The molecule has 0 spiro atoms. The van der Waals surface area contributed by atoms with E-state index >= 15 is 0 Å². The highest BCUT2D eigenvalue weighted by Gasteiger charge is 2.08. The molecule has 0 aliphatic heterocycles. The number of aliphatic hydroxyl groups is 1. The van der Waals surface area contributed by atoms with E-state index in [9.17, 15) is 5.11 Å². The quantitative estimate of drug-likeness (QED) is 0.944. The van der Waals surface area contributed by atoms with Crippen LogP contribution < -0.4 is 0 Å². The van der Waals surface area contributed by atoms with Crippen LogP contribution >= 0.6 is 15.9 Å². The van der Waals surface area contributed by atoms with E-state index in [1.807, 2.05) is 35.1 Å². The second-order valence-electron chi connectivity index (χ2n) is 4.27. The Labute approximate surface area is 109 Å². The van der Waals surface area contributed by atoms with Crippen LogP contribution in [0.15, 0.2) is 34.9 Å². The van der Waals surface area contributed by atoms with E-state index in [2.05, 4.69) is 34.9 Å². The first-order valence-electron chi connectivity index (χ1n) is 5.57. The molecule has 0 unspecified atom stereocenters. The predicted molar refractivity (Wildman–Crippen MR) is 71.3 cm³/mol. The minimum absolute atomic E-state index is 0.0134. The molecule has 0 aliphatic carbocycles. The lowest BCUT2D eigenvalue weighted by Gasteiger charge is -2.08. The first kappa shape index (κ1) is 12.3. The van der Waals surface area contributed by atoms with Gasteiger partial charge in [-0.25, -0.2) is 4.68 Å². The normalized spacial score (nSPS) is 11.1. The van der Waals surface area contributed by atoms with Crippen molar-refractivity contribution >= 4 is 15.9 Å². The summed E-state index contributed by atoms with van der Waals surface area (Å²) >= 11 is 3.44. The monoisotopic (exact) mass is 294 g/mol. The van der Waals surface area contributed by atoms with Crippen molar-refractivity contribution in [1.29, 1.82) is 0 Å². The maximum Gasteiger partial charge on any atom is 0.0712 e. The first-order valence-corrected chi connectivity index (χ1v) is 6.36. The van der Waals surface area contributed by atoms with Crippen LogP contribution in [0.5, 0.6) is 0 Å². The number of hydrogen-bond donors (Lipinski definition) is 1. The second-order valence-corrected chi connectivity index (χ2v) is 5.19. The molecule has 1 heterocycles. The van der Waals surface area contributed by atoms with Crippen molar-refractivity contribution < 1.29 is 5.11 Å². The van der Waals surface area contributed by atoms with Gasteiger partial charge in [-0.15, -0.1) is 0 Å². The van der Waals surface area contributed by atoms with Crippen LogP contribution in [0.2, 0.25) is 0 Å². The molecule has 2 aromatic rings. The van der Waals surface area contributed by atoms with Gasteiger partial charge in [0.2, 0.25) is 0 Å². The number of hydrogen-bond acceptors (Lipinski definition) is 2. The highest BCUT2D eigenvalue weighted by atomic mass is 79.9. The lowest BCUT2D eigenvalue weighted by molar-refractivity contribution is 0.281. The molecule has 0 fully saturated rings. The average Bonchev–Trinajstić information content (AvgIpc) is 2.78. The first-order chi connectivity index (χ1) is 8.11. The number of rotatable bonds is 3. The largest absolute Gasteiger partial charge is 0.392 e. The van der Waals surface area contributed by atoms with E-state index in [-0.39, 0.29) is 6.61 Å². The summed E-state index contributed by atoms with van der Waals surface area (Å²) in [6.07, 6.45) is 1.93. The predicted octanol–water partition coefficient (Wildman–Crippen LogP) is 3.25. The van der Waals surface area contributed by atoms with Crippen LogP contribution in [-0.2, 0) is 6.61 Å². The van der Waals surface area contributed by atoms with Crippen LogP contribution in [0.3, 0.4) is 0 Å². The summed E-state index contributed by atoms with van der Waals surface area (Å²) in [7, 11) is 0. The Morgan fingerprint density at radius 2 is 2.12 bits per heavy atom. The molecule has 3 nitrogen and oxygen atoms in total. The number of aliphatic hydroxyl groups excluding tert-OH is 1. The van der Waals surface area contributed by atoms with Gasteiger partial charge in [0.25, 0.3) is 0 Å². The summed E-state index contributed by atoms with van der Waals surface area (Å²) in [5, 5.41) is 13.8. The Balaban J connectivity index is 2.47. The molecule has 2 rings (SSSR count). The van der Waals surface area contributed by atoms with Crippen molar-refractivity contribution in [3.05, 3.63) is 46.2 Å². The average molecular weight is 295 g/mol. The molecule has 90 valence electrons. The molecular weight excluding hydrogens is 280 g/mol. The van der Waals surface area contributed by atoms with Gasteiger partial charge in [0.05, 0.1) is 18.0 Å². The van der Waals surface area contributed by atoms with Gasteiger partial charge in [0.15, 0.2) is 0 Å². The molecule has 0 radical (unpaired) electrons. The van der Waals surface area contributed by atoms with Crippen molar-refractivity contribution in [1.82, 2.24) is 9.78 Å². The molecule has 1 N–H and O–H groups in total. The zero-order valence-electron chi connectivity index (χ0n) is 9.89. The lowest BCUT2D eigenvalue weighted by Crippen LogP contribution is -2.01. The van der Waals surface area contributed by atoms with E-state index < -0.39 is 0 Å². The maximum atomic E-state index is 9.33. The van der Waals surface area contributed by atoms with Gasteiger partial charge in [-0.1, -0.05) is 35.8 Å². The van der Waals surface area contributed by atoms with Crippen molar-refractivity contribution in [3.63, 3.8) is 0 Å². The highest BCUT2D eigenvalue weighted by Crippen LogP contribution is 2.21. The van der Waals surface area contributed by atoms with Crippen LogP contribution in [0.25, 0.3) is 5.69 Å². The fraction of sp³-hybridized carbons (Fsp3) is 0.308. The number of benzene rings is 1. The zero-order valence-corrected chi connectivity index (χ0v) is 11.5. The summed E-state index contributed by atoms with van der Waals surface area (Å²) in [6, 6.07) is 7.79. The Morgan fingerprint density at radius 1 is 1.35 bits per heavy atom. The Bertz CT molecular complexity index is 520. The van der Waals surface area contributed by atoms with Gasteiger partial charge in [-0.05, 0) is 24.1 Å². The third kappa shape index (κ3) is 2.58. The Kier molecular flexibility index (Phi) is 3.64. The summed E-state index contributed by atoms with van der Waals surface area (Å²) in [6.45, 7) is 4.24. The molecule has 0 saturated heterocycles. The van der Waals surface area contributed by atoms with Crippen molar-refractivity contribution in [3.8, 4) is 5.69 Å². The minimum atomic E-state index is 0.0134. The summed E-state index contributed by atoms with van der Waals surface area (Å²) in [5.74, 6) is 0.404. The summed E-state index contributed by atoms with van der Waals surface area (Å²) < 4.78 is 2.79. The van der Waals surface area contributed by atoms with Crippen LogP contribution in [0.1, 0.15) is 31.0 Å². The number of aromatic nitrogens is 2. The van der Waals surface area contributed by atoms with Crippen LogP contribution in [-0.4, -0.2) is 14.9 Å². The molecule has 1 aromatic heterocycles. The SMILES string of the molecule is CC(C)c1ccn(-c2cc(Br)ccc2CO)n1. The molecular formula is C13H15BrN2O. The van der Waals surface area contributed by atoms with E-state index in [4.69, 9.17) is 0 Å². The van der Waals surface area contributed by atoms with E-state index in [0.717, 1.165) is 21.4 Å². The molecule has 1 aromatic carbocycles. The van der Waals surface area contributed by atoms with Crippen LogP contribution in [0.4, 0.5) is 0 Å². The maximum absolute atomic E-state index is 9.33. The van der Waals surface area contributed by atoms with E-state index in [1.165, 1.54) is 0 Å². The molecule has 4 heteroatoms.